The molecular weight excluding hydrogens is 467 g/mol. The van der Waals surface area contributed by atoms with Crippen LogP contribution in [0.2, 0.25) is 10.4 Å². The second-order valence-corrected chi connectivity index (χ2v) is 15.9. The van der Waals surface area contributed by atoms with E-state index in [1.165, 1.54) is 20.8 Å². The van der Waals surface area contributed by atoms with Crippen molar-refractivity contribution < 1.29 is 42.9 Å². The van der Waals surface area contributed by atoms with Crippen LogP contribution in [0, 0.1) is 0 Å². The van der Waals surface area contributed by atoms with Gasteiger partial charge in [0, 0.05) is 0 Å². The molecule has 9 nitrogen and oxygen atoms in total. The second kappa shape index (κ2) is 12.4. The minimum atomic E-state index is -1.29. The zero-order valence-electron chi connectivity index (χ0n) is 17.5. The molecule has 1 rings (SSSR count). The third-order valence-electron chi connectivity index (χ3n) is 3.91. The van der Waals surface area contributed by atoms with Crippen LogP contribution < -0.4 is 0 Å². The molecule has 0 aromatic carbocycles. The van der Waals surface area contributed by atoms with Crippen LogP contribution in [0.5, 0.6) is 0 Å². The van der Waals surface area contributed by atoms with Gasteiger partial charge >= 0.3 is 179 Å². The summed E-state index contributed by atoms with van der Waals surface area (Å²) in [5.41, 5.74) is 0. The maximum absolute atomic E-state index is 11.7. The first kappa shape index (κ1) is 25.8. The summed E-state index contributed by atoms with van der Waals surface area (Å²) >= 11 is -1.14. The van der Waals surface area contributed by atoms with Crippen LogP contribution in [0.25, 0.3) is 0 Å². The maximum atomic E-state index is 11.7. The monoisotopic (exact) mass is 496 g/mol. The van der Waals surface area contributed by atoms with Gasteiger partial charge in [-0.25, -0.2) is 0 Å². The molecule has 5 atom stereocenters. The van der Waals surface area contributed by atoms with Crippen molar-refractivity contribution in [1.29, 1.82) is 0 Å². The predicted octanol–water partition coefficient (Wildman–Crippen LogP) is 1.83. The first-order valence-electron chi connectivity index (χ1n) is 9.31. The van der Waals surface area contributed by atoms with Gasteiger partial charge in [0.05, 0.1) is 0 Å². The van der Waals surface area contributed by atoms with Gasteiger partial charge in [-0.3, -0.25) is 0 Å². The predicted molar refractivity (Wildman–Crippen MR) is 106 cm³/mol. The molecule has 0 N–H and O–H groups in total. The molecule has 166 valence electrons. The average Bonchev–Trinajstić information content (AvgIpc) is 2.60. The molecule has 1 saturated heterocycles. The van der Waals surface area contributed by atoms with Gasteiger partial charge in [-0.15, -0.1) is 0 Å². The van der Waals surface area contributed by atoms with Crippen molar-refractivity contribution in [3.05, 3.63) is 0 Å². The molecule has 11 heteroatoms. The van der Waals surface area contributed by atoms with Gasteiger partial charge in [0.15, 0.2) is 0 Å². The molecule has 0 bridgehead atoms. The molecule has 0 aromatic rings. The molecule has 0 saturated carbocycles. The third kappa shape index (κ3) is 8.56. The average molecular weight is 496 g/mol. The fourth-order valence-corrected chi connectivity index (χ4v) is 9.31. The van der Waals surface area contributed by atoms with Gasteiger partial charge < -0.3 is 0 Å². The SMILES string of the molecule is CC[As](CC)SC[C@H]1OC(OC(C)=O)[C@@H](OC(C)=O)[C@@H](OC(C)=O)[C@@H]1OC(C)=O. The van der Waals surface area contributed by atoms with Gasteiger partial charge in [-0.2, -0.15) is 0 Å². The van der Waals surface area contributed by atoms with Crippen LogP contribution in [-0.4, -0.2) is 73.8 Å². The van der Waals surface area contributed by atoms with Crippen LogP contribution >= 0.6 is 10.0 Å². The molecule has 1 fully saturated rings. The summed E-state index contributed by atoms with van der Waals surface area (Å²) in [6.07, 6.45) is -5.45. The fourth-order valence-electron chi connectivity index (χ4n) is 2.83. The molecule has 0 aliphatic carbocycles. The molecule has 1 aliphatic heterocycles. The number of ether oxygens (including phenoxy) is 5. The van der Waals surface area contributed by atoms with E-state index >= 15 is 0 Å². The first-order chi connectivity index (χ1) is 13.6. The van der Waals surface area contributed by atoms with E-state index in [1.807, 2.05) is 0 Å². The summed E-state index contributed by atoms with van der Waals surface area (Å²) in [5.74, 6) is -2.14. The summed E-state index contributed by atoms with van der Waals surface area (Å²) in [5, 5.41) is 2.16. The second-order valence-electron chi connectivity index (χ2n) is 6.28. The Kier molecular flexibility index (Phi) is 11.1. The molecule has 1 heterocycles. The summed E-state index contributed by atoms with van der Waals surface area (Å²) in [6.45, 7) is 9.02. The Morgan fingerprint density at radius 2 is 1.21 bits per heavy atom. The van der Waals surface area contributed by atoms with E-state index in [1.54, 1.807) is 10.0 Å². The molecule has 0 aromatic heterocycles. The van der Waals surface area contributed by atoms with E-state index in [-0.39, 0.29) is 0 Å². The van der Waals surface area contributed by atoms with E-state index in [4.69, 9.17) is 23.7 Å². The molecule has 29 heavy (non-hydrogen) atoms. The van der Waals surface area contributed by atoms with Crippen molar-refractivity contribution in [3.63, 3.8) is 0 Å². The van der Waals surface area contributed by atoms with Crippen LogP contribution in [0.15, 0.2) is 0 Å². The third-order valence-corrected chi connectivity index (χ3v) is 13.6. The van der Waals surface area contributed by atoms with Crippen molar-refractivity contribution >= 4 is 47.4 Å². The van der Waals surface area contributed by atoms with Crippen molar-refractivity contribution in [2.45, 2.75) is 82.7 Å². The topological polar surface area (TPSA) is 114 Å². The Hall–Kier alpha value is -1.25. The Morgan fingerprint density at radius 1 is 0.759 bits per heavy atom. The number of carbonyl (C=O) groups is 4. The Bertz CT molecular complexity index is 596. The number of rotatable bonds is 9. The van der Waals surface area contributed by atoms with Gasteiger partial charge in [-0.05, 0) is 0 Å². The number of carbonyl (C=O) groups excluding carboxylic acids is 4. The zero-order chi connectivity index (χ0) is 22.1. The number of esters is 4. The summed E-state index contributed by atoms with van der Waals surface area (Å²) in [4.78, 5) is 46.6. The zero-order valence-corrected chi connectivity index (χ0v) is 20.2. The van der Waals surface area contributed by atoms with E-state index in [9.17, 15) is 19.2 Å². The van der Waals surface area contributed by atoms with Crippen molar-refractivity contribution in [1.82, 2.24) is 0 Å². The van der Waals surface area contributed by atoms with Crippen molar-refractivity contribution in [3.8, 4) is 0 Å². The normalized spacial score (nSPS) is 26.5. The van der Waals surface area contributed by atoms with Crippen molar-refractivity contribution in [2.24, 2.45) is 0 Å². The van der Waals surface area contributed by atoms with E-state index in [0.717, 1.165) is 17.3 Å². The molecular formula is C18H29AsO9S. The quantitative estimate of drug-likeness (QED) is 0.266. The Labute approximate surface area is 178 Å². The van der Waals surface area contributed by atoms with Crippen LogP contribution in [0.4, 0.5) is 0 Å². The Morgan fingerprint density at radius 3 is 1.66 bits per heavy atom. The molecule has 1 aliphatic rings. The minimum absolute atomic E-state index is 0.460. The van der Waals surface area contributed by atoms with Crippen LogP contribution in [0.1, 0.15) is 41.5 Å². The van der Waals surface area contributed by atoms with Crippen molar-refractivity contribution in [2.75, 3.05) is 5.75 Å². The fraction of sp³-hybridized carbons (Fsp3) is 0.778. The summed E-state index contributed by atoms with van der Waals surface area (Å²) in [7, 11) is 1.76. The molecule has 0 spiro atoms. The van der Waals surface area contributed by atoms with E-state index < -0.39 is 68.1 Å². The molecule has 1 unspecified atom stereocenters. The molecule has 0 radical (unpaired) electrons. The summed E-state index contributed by atoms with van der Waals surface area (Å²) < 4.78 is 27.1. The van der Waals surface area contributed by atoms with E-state index in [2.05, 4.69) is 13.8 Å². The molecule has 0 amide bonds. The van der Waals surface area contributed by atoms with Gasteiger partial charge in [-0.1, -0.05) is 0 Å². The standard InChI is InChI=1S/C18H29AsO9S/c1-7-19(8-2)29-9-14-15(24-10(3)20)16(25-11(4)21)17(26-12(5)22)18(28-14)27-13(6)23/h14-18H,7-9H2,1-6H3/t14-,15-,16+,17+,18?/m1/s1. The van der Waals surface area contributed by atoms with Gasteiger partial charge in [0.25, 0.3) is 0 Å². The number of hydrogen-bond donors (Lipinski definition) is 0. The number of hydrogen-bond acceptors (Lipinski definition) is 10. The first-order valence-corrected chi connectivity index (χ1v) is 15.2. The van der Waals surface area contributed by atoms with Crippen LogP contribution in [0.3, 0.4) is 0 Å². The Balaban J connectivity index is 3.26. The summed E-state index contributed by atoms with van der Waals surface area (Å²) in [6, 6.07) is 0. The van der Waals surface area contributed by atoms with Crippen LogP contribution in [-0.2, 0) is 42.9 Å². The van der Waals surface area contributed by atoms with E-state index in [0.29, 0.717) is 5.75 Å². The van der Waals surface area contributed by atoms with Gasteiger partial charge in [0.2, 0.25) is 0 Å². The van der Waals surface area contributed by atoms with Gasteiger partial charge in [0.1, 0.15) is 0 Å².